The molecule has 5 nitrogen and oxygen atoms in total. The highest BCUT2D eigenvalue weighted by Crippen LogP contribution is 2.17. The Hall–Kier alpha value is -3.60. The molecule has 0 fully saturated rings. The number of hydrogen-bond donors (Lipinski definition) is 1. The predicted molar refractivity (Wildman–Crippen MR) is 107 cm³/mol. The molecule has 5 heteroatoms. The van der Waals surface area contributed by atoms with Gasteiger partial charge in [-0.05, 0) is 48.4 Å². The van der Waals surface area contributed by atoms with E-state index in [0.717, 1.165) is 11.1 Å². The minimum absolute atomic E-state index is 0.348. The van der Waals surface area contributed by atoms with Gasteiger partial charge in [0.05, 0.1) is 5.56 Å². The van der Waals surface area contributed by atoms with Crippen molar-refractivity contribution in [1.82, 2.24) is 0 Å². The molecule has 142 valence electrons. The fourth-order valence-electron chi connectivity index (χ4n) is 2.58. The van der Waals surface area contributed by atoms with Crippen molar-refractivity contribution in [2.45, 2.75) is 13.5 Å². The zero-order valence-electron chi connectivity index (χ0n) is 15.6. The van der Waals surface area contributed by atoms with E-state index in [-0.39, 0.29) is 6.61 Å². The third-order valence-electron chi connectivity index (χ3n) is 4.09. The highest BCUT2D eigenvalue weighted by atomic mass is 16.5. The van der Waals surface area contributed by atoms with Gasteiger partial charge in [0.1, 0.15) is 12.4 Å². The molecule has 0 radical (unpaired) electrons. The van der Waals surface area contributed by atoms with E-state index < -0.39 is 11.9 Å². The Balaban J connectivity index is 1.46. The molecule has 1 amide bonds. The Bertz CT molecular complexity index is 936. The molecule has 0 atom stereocenters. The van der Waals surface area contributed by atoms with Crippen molar-refractivity contribution < 1.29 is 19.1 Å². The summed E-state index contributed by atoms with van der Waals surface area (Å²) in [6.45, 7) is 1.94. The van der Waals surface area contributed by atoms with Crippen LogP contribution in [0.5, 0.6) is 5.75 Å². The van der Waals surface area contributed by atoms with Crippen LogP contribution in [0, 0.1) is 6.92 Å². The number of nitrogens with one attached hydrogen (secondary N) is 1. The number of hydrogen-bond acceptors (Lipinski definition) is 4. The Morgan fingerprint density at radius 3 is 2.25 bits per heavy atom. The molecule has 3 rings (SSSR count). The number of ether oxygens (including phenoxy) is 2. The molecule has 0 unspecified atom stereocenters. The molecule has 0 aliphatic carbocycles. The second-order valence-corrected chi connectivity index (χ2v) is 6.24. The van der Waals surface area contributed by atoms with Crippen molar-refractivity contribution in [1.29, 1.82) is 0 Å². The molecule has 28 heavy (non-hydrogen) atoms. The molecule has 3 aromatic rings. The largest absolute Gasteiger partial charge is 0.489 e. The molecule has 1 N–H and O–H groups in total. The number of anilines is 1. The smallest absolute Gasteiger partial charge is 0.338 e. The number of rotatable bonds is 7. The zero-order chi connectivity index (χ0) is 19.8. The molecule has 0 saturated carbocycles. The first-order chi connectivity index (χ1) is 13.6. The predicted octanol–water partition coefficient (Wildman–Crippen LogP) is 4.37. The van der Waals surface area contributed by atoms with Gasteiger partial charge in [0.2, 0.25) is 0 Å². The molecule has 0 bridgehead atoms. The van der Waals surface area contributed by atoms with Gasteiger partial charge >= 0.3 is 5.97 Å². The van der Waals surface area contributed by atoms with Crippen molar-refractivity contribution >= 4 is 17.6 Å². The highest BCUT2D eigenvalue weighted by Gasteiger charge is 2.12. The van der Waals surface area contributed by atoms with Gasteiger partial charge in [-0.3, -0.25) is 4.79 Å². The maximum Gasteiger partial charge on any atom is 0.338 e. The van der Waals surface area contributed by atoms with Gasteiger partial charge < -0.3 is 14.8 Å². The van der Waals surface area contributed by atoms with Crippen molar-refractivity contribution in [3.05, 3.63) is 95.6 Å². The van der Waals surface area contributed by atoms with E-state index in [2.05, 4.69) is 5.32 Å². The van der Waals surface area contributed by atoms with E-state index in [4.69, 9.17) is 9.47 Å². The normalized spacial score (nSPS) is 10.2. The lowest BCUT2D eigenvalue weighted by atomic mass is 10.1. The fourth-order valence-corrected chi connectivity index (χ4v) is 2.58. The number of amides is 1. The van der Waals surface area contributed by atoms with Gasteiger partial charge in [-0.25, -0.2) is 4.79 Å². The first kappa shape index (κ1) is 19.2. The Labute approximate surface area is 163 Å². The van der Waals surface area contributed by atoms with Gasteiger partial charge in [0.25, 0.3) is 5.91 Å². The average Bonchev–Trinajstić information content (AvgIpc) is 2.72. The third-order valence-corrected chi connectivity index (χ3v) is 4.09. The lowest BCUT2D eigenvalue weighted by Crippen LogP contribution is -2.21. The molecule has 0 aromatic heterocycles. The summed E-state index contributed by atoms with van der Waals surface area (Å²) in [5.41, 5.74) is 2.94. The molecular formula is C23H21NO4. The van der Waals surface area contributed by atoms with E-state index in [0.29, 0.717) is 23.6 Å². The minimum Gasteiger partial charge on any atom is -0.489 e. The SMILES string of the molecule is Cc1ccccc1C(=O)OCC(=O)Nc1ccc(OCc2ccccc2)cc1. The molecule has 0 saturated heterocycles. The summed E-state index contributed by atoms with van der Waals surface area (Å²) >= 11 is 0. The number of carbonyl (C=O) groups excluding carboxylic acids is 2. The summed E-state index contributed by atoms with van der Waals surface area (Å²) in [5.74, 6) is -0.217. The van der Waals surface area contributed by atoms with Gasteiger partial charge in [-0.1, -0.05) is 48.5 Å². The van der Waals surface area contributed by atoms with Crippen LogP contribution in [0.4, 0.5) is 5.69 Å². The van der Waals surface area contributed by atoms with Crippen LogP contribution in [0.25, 0.3) is 0 Å². The summed E-state index contributed by atoms with van der Waals surface area (Å²) in [4.78, 5) is 24.0. The van der Waals surface area contributed by atoms with E-state index in [1.165, 1.54) is 0 Å². The van der Waals surface area contributed by atoms with Crippen molar-refractivity contribution in [2.75, 3.05) is 11.9 Å². The van der Waals surface area contributed by atoms with Crippen molar-refractivity contribution in [3.63, 3.8) is 0 Å². The van der Waals surface area contributed by atoms with Crippen LogP contribution in [0.1, 0.15) is 21.5 Å². The molecular weight excluding hydrogens is 354 g/mol. The standard InChI is InChI=1S/C23H21NO4/c1-17-7-5-6-10-21(17)23(26)28-16-22(25)24-19-11-13-20(14-12-19)27-15-18-8-3-2-4-9-18/h2-14H,15-16H2,1H3,(H,24,25). The number of benzene rings is 3. The van der Waals surface area contributed by atoms with Crippen LogP contribution in [0.2, 0.25) is 0 Å². The summed E-state index contributed by atoms with van der Waals surface area (Å²) < 4.78 is 10.8. The van der Waals surface area contributed by atoms with Crippen molar-refractivity contribution in [2.24, 2.45) is 0 Å². The van der Waals surface area contributed by atoms with Crippen molar-refractivity contribution in [3.8, 4) is 5.75 Å². The summed E-state index contributed by atoms with van der Waals surface area (Å²) in [6.07, 6.45) is 0. The number of esters is 1. The Morgan fingerprint density at radius 2 is 1.54 bits per heavy atom. The quantitative estimate of drug-likeness (QED) is 0.623. The van der Waals surface area contributed by atoms with E-state index in [1.54, 1.807) is 36.4 Å². The fraction of sp³-hybridized carbons (Fsp3) is 0.130. The van der Waals surface area contributed by atoms with Gasteiger partial charge in [-0.2, -0.15) is 0 Å². The van der Waals surface area contributed by atoms with Crippen LogP contribution in [-0.2, 0) is 16.1 Å². The van der Waals surface area contributed by atoms with Gasteiger partial charge in [-0.15, -0.1) is 0 Å². The van der Waals surface area contributed by atoms with Crippen LogP contribution in [-0.4, -0.2) is 18.5 Å². The van der Waals surface area contributed by atoms with E-state index in [9.17, 15) is 9.59 Å². The summed E-state index contributed by atoms with van der Waals surface area (Å²) in [6, 6.07) is 24.0. The van der Waals surface area contributed by atoms with E-state index in [1.807, 2.05) is 49.4 Å². The van der Waals surface area contributed by atoms with E-state index >= 15 is 0 Å². The lowest BCUT2D eigenvalue weighted by Gasteiger charge is -2.09. The highest BCUT2D eigenvalue weighted by molar-refractivity contribution is 5.96. The summed E-state index contributed by atoms with van der Waals surface area (Å²) in [5, 5.41) is 2.69. The third kappa shape index (κ3) is 5.45. The molecule has 0 aliphatic heterocycles. The first-order valence-corrected chi connectivity index (χ1v) is 8.91. The molecule has 3 aromatic carbocycles. The monoisotopic (exact) mass is 375 g/mol. The number of carbonyl (C=O) groups is 2. The molecule has 0 aliphatic rings. The zero-order valence-corrected chi connectivity index (χ0v) is 15.6. The first-order valence-electron chi connectivity index (χ1n) is 8.91. The molecule has 0 spiro atoms. The van der Waals surface area contributed by atoms with Gasteiger partial charge in [0.15, 0.2) is 6.61 Å². The molecule has 0 heterocycles. The second-order valence-electron chi connectivity index (χ2n) is 6.24. The van der Waals surface area contributed by atoms with Gasteiger partial charge in [0, 0.05) is 5.69 Å². The Morgan fingerprint density at radius 1 is 0.857 bits per heavy atom. The minimum atomic E-state index is -0.516. The maximum absolute atomic E-state index is 12.0. The maximum atomic E-state index is 12.0. The van der Waals surface area contributed by atoms with Crippen LogP contribution < -0.4 is 10.1 Å². The van der Waals surface area contributed by atoms with Crippen LogP contribution >= 0.6 is 0 Å². The number of aryl methyl sites for hydroxylation is 1. The van der Waals surface area contributed by atoms with Crippen LogP contribution in [0.3, 0.4) is 0 Å². The topological polar surface area (TPSA) is 64.6 Å². The second kappa shape index (κ2) is 9.37. The summed E-state index contributed by atoms with van der Waals surface area (Å²) in [7, 11) is 0. The average molecular weight is 375 g/mol. The Kier molecular flexibility index (Phi) is 6.41. The lowest BCUT2D eigenvalue weighted by molar-refractivity contribution is -0.119. The van der Waals surface area contributed by atoms with Crippen LogP contribution in [0.15, 0.2) is 78.9 Å².